The van der Waals surface area contributed by atoms with Gasteiger partial charge >= 0.3 is 6.03 Å². The molecule has 2 fully saturated rings. The molecule has 1 aliphatic carbocycles. The second kappa shape index (κ2) is 7.30. The number of nitrogens with two attached hydrogens (primary N) is 1. The molecule has 4 nitrogen and oxygen atoms in total. The number of carbonyl (C=O) groups is 1. The maximum atomic E-state index is 11.5. The third-order valence-electron chi connectivity index (χ3n) is 5.16. The predicted octanol–water partition coefficient (Wildman–Crippen LogP) is 2.58. The van der Waals surface area contributed by atoms with Crippen molar-refractivity contribution in [3.05, 3.63) is 0 Å². The van der Waals surface area contributed by atoms with E-state index in [0.717, 1.165) is 25.6 Å². The van der Waals surface area contributed by atoms with Gasteiger partial charge in [0.1, 0.15) is 0 Å². The number of primary amides is 1. The van der Waals surface area contributed by atoms with E-state index in [1.807, 2.05) is 4.90 Å². The lowest BCUT2D eigenvalue weighted by molar-refractivity contribution is 0.130. The van der Waals surface area contributed by atoms with E-state index >= 15 is 0 Å². The van der Waals surface area contributed by atoms with Crippen LogP contribution in [-0.2, 0) is 0 Å². The van der Waals surface area contributed by atoms with Gasteiger partial charge in [-0.3, -0.25) is 0 Å². The third-order valence-corrected chi connectivity index (χ3v) is 5.16. The maximum Gasteiger partial charge on any atom is 0.314 e. The first-order valence-electron chi connectivity index (χ1n) is 8.34. The van der Waals surface area contributed by atoms with Gasteiger partial charge < -0.3 is 16.0 Å². The molecule has 0 aromatic carbocycles. The van der Waals surface area contributed by atoms with E-state index in [4.69, 9.17) is 5.73 Å². The van der Waals surface area contributed by atoms with Crippen molar-refractivity contribution in [2.24, 2.45) is 23.5 Å². The minimum Gasteiger partial charge on any atom is -0.351 e. The topological polar surface area (TPSA) is 58.4 Å². The van der Waals surface area contributed by atoms with Crippen LogP contribution in [0, 0.1) is 17.8 Å². The van der Waals surface area contributed by atoms with Crippen molar-refractivity contribution >= 4 is 6.03 Å². The average molecular weight is 281 g/mol. The van der Waals surface area contributed by atoms with Crippen LogP contribution in [0.15, 0.2) is 0 Å². The largest absolute Gasteiger partial charge is 0.351 e. The number of urea groups is 1. The smallest absolute Gasteiger partial charge is 0.314 e. The molecule has 2 unspecified atom stereocenters. The van der Waals surface area contributed by atoms with Gasteiger partial charge in [0, 0.05) is 19.1 Å². The fourth-order valence-corrected chi connectivity index (χ4v) is 3.67. The minimum atomic E-state index is -0.264. The molecule has 2 amide bonds. The highest BCUT2D eigenvalue weighted by atomic mass is 16.2. The molecule has 0 bridgehead atoms. The van der Waals surface area contributed by atoms with Gasteiger partial charge in [-0.25, -0.2) is 4.79 Å². The zero-order valence-electron chi connectivity index (χ0n) is 13.1. The fraction of sp³-hybridized carbons (Fsp3) is 0.938. The Bertz CT molecular complexity index is 313. The van der Waals surface area contributed by atoms with E-state index in [9.17, 15) is 4.79 Å². The van der Waals surface area contributed by atoms with Crippen molar-refractivity contribution in [2.45, 2.75) is 58.4 Å². The molecule has 1 saturated carbocycles. The van der Waals surface area contributed by atoms with Crippen LogP contribution in [-0.4, -0.2) is 36.6 Å². The van der Waals surface area contributed by atoms with E-state index in [-0.39, 0.29) is 6.03 Å². The first kappa shape index (κ1) is 15.6. The molecule has 2 rings (SSSR count). The second-order valence-electron chi connectivity index (χ2n) is 7.09. The number of nitrogens with zero attached hydrogens (tertiary/aromatic N) is 1. The van der Waals surface area contributed by atoms with Gasteiger partial charge in [-0.2, -0.15) is 0 Å². The van der Waals surface area contributed by atoms with Gasteiger partial charge in [0.25, 0.3) is 0 Å². The highest BCUT2D eigenvalue weighted by Crippen LogP contribution is 2.26. The van der Waals surface area contributed by atoms with Gasteiger partial charge in [0.05, 0.1) is 0 Å². The first-order chi connectivity index (χ1) is 9.56. The van der Waals surface area contributed by atoms with Gasteiger partial charge in [0.15, 0.2) is 0 Å². The second-order valence-corrected chi connectivity index (χ2v) is 7.09. The lowest BCUT2D eigenvalue weighted by Crippen LogP contribution is -2.54. The van der Waals surface area contributed by atoms with Crippen LogP contribution in [0.5, 0.6) is 0 Å². The summed E-state index contributed by atoms with van der Waals surface area (Å²) in [7, 11) is 0. The Kier molecular flexibility index (Phi) is 5.70. The van der Waals surface area contributed by atoms with Crippen molar-refractivity contribution in [1.29, 1.82) is 0 Å². The standard InChI is InChI=1S/C16H31N3O/c1-12(2)14-8-15(11-19(10-14)16(17)20)18-9-13-6-4-3-5-7-13/h12-15,18H,3-11H2,1-2H3,(H2,17,20). The number of nitrogens with one attached hydrogen (secondary N) is 1. The molecule has 1 heterocycles. The highest BCUT2D eigenvalue weighted by Gasteiger charge is 2.30. The highest BCUT2D eigenvalue weighted by molar-refractivity contribution is 5.72. The van der Waals surface area contributed by atoms with Crippen LogP contribution in [0.1, 0.15) is 52.4 Å². The maximum absolute atomic E-state index is 11.5. The van der Waals surface area contributed by atoms with Crippen LogP contribution in [0.3, 0.4) is 0 Å². The average Bonchev–Trinajstić information content (AvgIpc) is 2.45. The molecule has 4 heteroatoms. The van der Waals surface area contributed by atoms with E-state index < -0.39 is 0 Å². The van der Waals surface area contributed by atoms with Gasteiger partial charge in [-0.15, -0.1) is 0 Å². The van der Waals surface area contributed by atoms with Crippen LogP contribution in [0.25, 0.3) is 0 Å². The first-order valence-corrected chi connectivity index (χ1v) is 8.34. The molecule has 1 aliphatic heterocycles. The fourth-order valence-electron chi connectivity index (χ4n) is 3.67. The Labute approximate surface area is 123 Å². The molecule has 3 N–H and O–H groups in total. The minimum absolute atomic E-state index is 0.264. The Morgan fingerprint density at radius 1 is 1.25 bits per heavy atom. The summed E-state index contributed by atoms with van der Waals surface area (Å²) in [6.07, 6.45) is 8.09. The van der Waals surface area contributed by atoms with Gasteiger partial charge in [0.2, 0.25) is 0 Å². The normalized spacial score (nSPS) is 28.9. The summed E-state index contributed by atoms with van der Waals surface area (Å²) in [5.74, 6) is 2.02. The summed E-state index contributed by atoms with van der Waals surface area (Å²) in [4.78, 5) is 13.3. The van der Waals surface area contributed by atoms with Gasteiger partial charge in [-0.1, -0.05) is 33.1 Å². The summed E-state index contributed by atoms with van der Waals surface area (Å²) in [5, 5.41) is 3.71. The Hall–Kier alpha value is -0.770. The predicted molar refractivity (Wildman–Crippen MR) is 82.5 cm³/mol. The Morgan fingerprint density at radius 3 is 2.55 bits per heavy atom. The number of hydrogen-bond acceptors (Lipinski definition) is 2. The number of carbonyl (C=O) groups excluding carboxylic acids is 1. The Balaban J connectivity index is 1.83. The van der Waals surface area contributed by atoms with Crippen molar-refractivity contribution in [3.8, 4) is 0 Å². The number of piperidine rings is 1. The molecule has 116 valence electrons. The van der Waals surface area contributed by atoms with Crippen molar-refractivity contribution in [1.82, 2.24) is 10.2 Å². The molecule has 0 spiro atoms. The summed E-state index contributed by atoms with van der Waals surface area (Å²) in [6.45, 7) is 7.21. The van der Waals surface area contributed by atoms with Crippen LogP contribution in [0.4, 0.5) is 4.79 Å². The summed E-state index contributed by atoms with van der Waals surface area (Å²) < 4.78 is 0. The van der Waals surface area contributed by atoms with Crippen molar-refractivity contribution in [2.75, 3.05) is 19.6 Å². The summed E-state index contributed by atoms with van der Waals surface area (Å²) in [6, 6.07) is 0.158. The molecule has 0 aromatic rings. The number of rotatable bonds is 4. The lowest BCUT2D eigenvalue weighted by Gasteiger charge is -2.39. The SMILES string of the molecule is CC(C)C1CC(NCC2CCCCC2)CN(C(N)=O)C1. The summed E-state index contributed by atoms with van der Waals surface area (Å²) in [5.41, 5.74) is 5.49. The van der Waals surface area contributed by atoms with Crippen LogP contribution < -0.4 is 11.1 Å². The lowest BCUT2D eigenvalue weighted by atomic mass is 9.85. The van der Waals surface area contributed by atoms with E-state index in [2.05, 4.69) is 19.2 Å². The molecular weight excluding hydrogens is 250 g/mol. The summed E-state index contributed by atoms with van der Waals surface area (Å²) >= 11 is 0. The van der Waals surface area contributed by atoms with E-state index in [1.54, 1.807) is 0 Å². The van der Waals surface area contributed by atoms with Crippen molar-refractivity contribution < 1.29 is 4.79 Å². The van der Waals surface area contributed by atoms with Gasteiger partial charge in [-0.05, 0) is 43.6 Å². The molecular formula is C16H31N3O. The van der Waals surface area contributed by atoms with Crippen LogP contribution in [0.2, 0.25) is 0 Å². The molecule has 1 saturated heterocycles. The van der Waals surface area contributed by atoms with Crippen LogP contribution >= 0.6 is 0 Å². The number of likely N-dealkylation sites (tertiary alicyclic amines) is 1. The molecule has 2 atom stereocenters. The third kappa shape index (κ3) is 4.37. The molecule has 0 radical (unpaired) electrons. The molecule has 20 heavy (non-hydrogen) atoms. The Morgan fingerprint density at radius 2 is 1.95 bits per heavy atom. The van der Waals surface area contributed by atoms with E-state index in [1.165, 1.54) is 38.5 Å². The molecule has 2 aliphatic rings. The quantitative estimate of drug-likeness (QED) is 0.832. The zero-order chi connectivity index (χ0) is 14.5. The van der Waals surface area contributed by atoms with Crippen molar-refractivity contribution in [3.63, 3.8) is 0 Å². The number of hydrogen-bond donors (Lipinski definition) is 2. The molecule has 0 aromatic heterocycles. The monoisotopic (exact) mass is 281 g/mol. The number of amides is 2. The zero-order valence-corrected chi connectivity index (χ0v) is 13.1. The van der Waals surface area contributed by atoms with E-state index in [0.29, 0.717) is 17.9 Å².